The highest BCUT2D eigenvalue weighted by atomic mass is 16.5. The Balaban J connectivity index is 2.49. The summed E-state index contributed by atoms with van der Waals surface area (Å²) < 4.78 is 5.20. The van der Waals surface area contributed by atoms with Gasteiger partial charge in [-0.1, -0.05) is 6.58 Å². The minimum absolute atomic E-state index is 0.0291. The van der Waals surface area contributed by atoms with Crippen LogP contribution < -0.4 is 5.73 Å². The van der Waals surface area contributed by atoms with E-state index in [9.17, 15) is 4.79 Å². The lowest BCUT2D eigenvalue weighted by molar-refractivity contribution is -0.115. The van der Waals surface area contributed by atoms with Crippen molar-refractivity contribution < 1.29 is 9.53 Å². The maximum Gasteiger partial charge on any atom is 0.245 e. The molecule has 0 bridgehead atoms. The zero-order chi connectivity index (χ0) is 9.84. The standard InChI is InChI=1S/C9H16N2O2/c1-7(9(10)12)8(2)11-3-5-13-6-4-11/h8H,1,3-6H2,2H3,(H2,10,12). The van der Waals surface area contributed by atoms with E-state index in [2.05, 4.69) is 11.5 Å². The average molecular weight is 184 g/mol. The molecule has 0 spiro atoms. The molecule has 0 aliphatic carbocycles. The van der Waals surface area contributed by atoms with Gasteiger partial charge < -0.3 is 10.5 Å². The molecule has 1 saturated heterocycles. The third kappa shape index (κ3) is 2.54. The molecule has 0 radical (unpaired) electrons. The molecule has 1 aliphatic rings. The first-order valence-corrected chi connectivity index (χ1v) is 4.43. The van der Waals surface area contributed by atoms with Crippen molar-refractivity contribution in [3.05, 3.63) is 12.2 Å². The van der Waals surface area contributed by atoms with Crippen molar-refractivity contribution in [1.82, 2.24) is 4.90 Å². The number of nitrogens with two attached hydrogens (primary N) is 1. The Morgan fingerprint density at radius 1 is 1.54 bits per heavy atom. The number of nitrogens with zero attached hydrogens (tertiary/aromatic N) is 1. The smallest absolute Gasteiger partial charge is 0.245 e. The van der Waals surface area contributed by atoms with Crippen molar-refractivity contribution >= 4 is 5.91 Å². The van der Waals surface area contributed by atoms with Crippen LogP contribution in [0.1, 0.15) is 6.92 Å². The van der Waals surface area contributed by atoms with E-state index in [1.165, 1.54) is 0 Å². The van der Waals surface area contributed by atoms with Crippen molar-refractivity contribution in [2.75, 3.05) is 26.3 Å². The molecule has 0 aromatic heterocycles. The fraction of sp³-hybridized carbons (Fsp3) is 0.667. The fourth-order valence-corrected chi connectivity index (χ4v) is 1.39. The Morgan fingerprint density at radius 3 is 2.54 bits per heavy atom. The zero-order valence-corrected chi connectivity index (χ0v) is 7.95. The minimum atomic E-state index is -0.418. The van der Waals surface area contributed by atoms with Gasteiger partial charge in [-0.15, -0.1) is 0 Å². The summed E-state index contributed by atoms with van der Waals surface area (Å²) in [5.74, 6) is -0.418. The number of hydrogen-bond donors (Lipinski definition) is 1. The van der Waals surface area contributed by atoms with Crippen LogP contribution in [0.15, 0.2) is 12.2 Å². The molecule has 4 nitrogen and oxygen atoms in total. The first-order valence-electron chi connectivity index (χ1n) is 4.43. The molecular weight excluding hydrogens is 168 g/mol. The second-order valence-electron chi connectivity index (χ2n) is 3.21. The summed E-state index contributed by atoms with van der Waals surface area (Å²) in [6.07, 6.45) is 0. The fourth-order valence-electron chi connectivity index (χ4n) is 1.39. The first-order chi connectivity index (χ1) is 6.13. The van der Waals surface area contributed by atoms with Gasteiger partial charge in [-0.3, -0.25) is 9.69 Å². The summed E-state index contributed by atoms with van der Waals surface area (Å²) in [5.41, 5.74) is 5.62. The lowest BCUT2D eigenvalue weighted by atomic mass is 10.1. The van der Waals surface area contributed by atoms with Gasteiger partial charge in [0.2, 0.25) is 5.91 Å². The molecule has 1 fully saturated rings. The maximum absolute atomic E-state index is 10.8. The second kappa shape index (κ2) is 4.39. The van der Waals surface area contributed by atoms with E-state index in [0.29, 0.717) is 5.57 Å². The number of amides is 1. The molecule has 13 heavy (non-hydrogen) atoms. The van der Waals surface area contributed by atoms with Crippen LogP contribution in [0.25, 0.3) is 0 Å². The van der Waals surface area contributed by atoms with Crippen LogP contribution in [0.3, 0.4) is 0 Å². The van der Waals surface area contributed by atoms with Gasteiger partial charge in [-0.2, -0.15) is 0 Å². The summed E-state index contributed by atoms with van der Waals surface area (Å²) >= 11 is 0. The molecule has 1 heterocycles. The third-order valence-electron chi connectivity index (χ3n) is 2.41. The molecular formula is C9H16N2O2. The molecule has 74 valence electrons. The van der Waals surface area contributed by atoms with Crippen LogP contribution in [0.5, 0.6) is 0 Å². The Kier molecular flexibility index (Phi) is 3.45. The highest BCUT2D eigenvalue weighted by Gasteiger charge is 2.21. The number of hydrogen-bond acceptors (Lipinski definition) is 3. The minimum Gasteiger partial charge on any atom is -0.379 e. The topological polar surface area (TPSA) is 55.6 Å². The molecule has 1 unspecified atom stereocenters. The zero-order valence-electron chi connectivity index (χ0n) is 7.95. The number of morpholine rings is 1. The summed E-state index contributed by atoms with van der Waals surface area (Å²) in [6, 6.07) is 0.0291. The van der Waals surface area contributed by atoms with Gasteiger partial charge in [0.05, 0.1) is 13.2 Å². The van der Waals surface area contributed by atoms with Gasteiger partial charge in [-0.05, 0) is 6.92 Å². The van der Waals surface area contributed by atoms with E-state index in [1.807, 2.05) is 6.92 Å². The molecule has 1 rings (SSSR count). The van der Waals surface area contributed by atoms with Gasteiger partial charge in [0.25, 0.3) is 0 Å². The number of carbonyl (C=O) groups is 1. The number of primary amides is 1. The molecule has 0 saturated carbocycles. The third-order valence-corrected chi connectivity index (χ3v) is 2.41. The normalized spacial score (nSPS) is 21.0. The Labute approximate surface area is 78.3 Å². The predicted octanol–water partition coefficient (Wildman–Crippen LogP) is -0.251. The summed E-state index contributed by atoms with van der Waals surface area (Å²) in [4.78, 5) is 13.0. The number of ether oxygens (including phenoxy) is 1. The Hall–Kier alpha value is -0.870. The van der Waals surface area contributed by atoms with Crippen LogP contribution in [-0.2, 0) is 9.53 Å². The summed E-state index contributed by atoms with van der Waals surface area (Å²) in [5, 5.41) is 0. The second-order valence-corrected chi connectivity index (χ2v) is 3.21. The van der Waals surface area contributed by atoms with Gasteiger partial charge in [-0.25, -0.2) is 0 Å². The van der Waals surface area contributed by atoms with Crippen LogP contribution in [0, 0.1) is 0 Å². The lowest BCUT2D eigenvalue weighted by Crippen LogP contribution is -2.44. The monoisotopic (exact) mass is 184 g/mol. The predicted molar refractivity (Wildman–Crippen MR) is 50.2 cm³/mol. The molecule has 2 N–H and O–H groups in total. The molecule has 1 atom stereocenters. The van der Waals surface area contributed by atoms with Crippen molar-refractivity contribution in [2.24, 2.45) is 5.73 Å². The van der Waals surface area contributed by atoms with E-state index in [-0.39, 0.29) is 6.04 Å². The van der Waals surface area contributed by atoms with Gasteiger partial charge >= 0.3 is 0 Å². The van der Waals surface area contributed by atoms with E-state index >= 15 is 0 Å². The average Bonchev–Trinajstić information content (AvgIpc) is 2.17. The summed E-state index contributed by atoms with van der Waals surface area (Å²) in [6.45, 7) is 8.73. The SMILES string of the molecule is C=C(C(N)=O)C(C)N1CCOCC1. The Bertz CT molecular complexity index is 210. The number of rotatable bonds is 3. The van der Waals surface area contributed by atoms with Crippen LogP contribution in [-0.4, -0.2) is 43.2 Å². The largest absolute Gasteiger partial charge is 0.379 e. The van der Waals surface area contributed by atoms with Crippen LogP contribution in [0.4, 0.5) is 0 Å². The van der Waals surface area contributed by atoms with Crippen molar-refractivity contribution in [1.29, 1.82) is 0 Å². The highest BCUT2D eigenvalue weighted by Crippen LogP contribution is 2.10. The van der Waals surface area contributed by atoms with E-state index in [0.717, 1.165) is 26.3 Å². The molecule has 4 heteroatoms. The van der Waals surface area contributed by atoms with Gasteiger partial charge in [0, 0.05) is 24.7 Å². The summed E-state index contributed by atoms with van der Waals surface area (Å²) in [7, 11) is 0. The van der Waals surface area contributed by atoms with Crippen molar-refractivity contribution in [2.45, 2.75) is 13.0 Å². The molecule has 0 aromatic carbocycles. The lowest BCUT2D eigenvalue weighted by Gasteiger charge is -2.32. The first kappa shape index (κ1) is 10.2. The van der Waals surface area contributed by atoms with E-state index in [1.54, 1.807) is 0 Å². The van der Waals surface area contributed by atoms with Gasteiger partial charge in [0.15, 0.2) is 0 Å². The highest BCUT2D eigenvalue weighted by molar-refractivity contribution is 5.92. The molecule has 1 aliphatic heterocycles. The van der Waals surface area contributed by atoms with Gasteiger partial charge in [0.1, 0.15) is 0 Å². The van der Waals surface area contributed by atoms with E-state index < -0.39 is 5.91 Å². The van der Waals surface area contributed by atoms with E-state index in [4.69, 9.17) is 10.5 Å². The molecule has 0 aromatic rings. The number of carbonyl (C=O) groups excluding carboxylic acids is 1. The van der Waals surface area contributed by atoms with Crippen molar-refractivity contribution in [3.8, 4) is 0 Å². The molecule has 1 amide bonds. The van der Waals surface area contributed by atoms with Crippen LogP contribution >= 0.6 is 0 Å². The Morgan fingerprint density at radius 2 is 2.08 bits per heavy atom. The van der Waals surface area contributed by atoms with Crippen LogP contribution in [0.2, 0.25) is 0 Å². The van der Waals surface area contributed by atoms with Crippen molar-refractivity contribution in [3.63, 3.8) is 0 Å². The quantitative estimate of drug-likeness (QED) is 0.615. The maximum atomic E-state index is 10.8.